The summed E-state index contributed by atoms with van der Waals surface area (Å²) in [7, 11) is 0. The van der Waals surface area contributed by atoms with Gasteiger partial charge < -0.3 is 5.32 Å². The predicted molar refractivity (Wildman–Crippen MR) is 102 cm³/mol. The Balaban J connectivity index is 1.69. The highest BCUT2D eigenvalue weighted by Crippen LogP contribution is 2.16. The molecule has 3 nitrogen and oxygen atoms in total. The van der Waals surface area contributed by atoms with E-state index < -0.39 is 0 Å². The molecule has 0 saturated carbocycles. The van der Waals surface area contributed by atoms with E-state index in [1.54, 1.807) is 6.07 Å². The van der Waals surface area contributed by atoms with Crippen LogP contribution in [0.1, 0.15) is 10.4 Å². The fraction of sp³-hybridized carbons (Fsp3) is 0. The van der Waals surface area contributed by atoms with Crippen molar-refractivity contribution in [3.8, 4) is 0 Å². The van der Waals surface area contributed by atoms with E-state index in [4.69, 9.17) is 12.2 Å². The molecule has 1 amide bonds. The summed E-state index contributed by atoms with van der Waals surface area (Å²) in [6, 6.07) is 21.0. The molecule has 114 valence electrons. The van der Waals surface area contributed by atoms with Gasteiger partial charge in [0, 0.05) is 15.7 Å². The number of rotatable bonds is 2. The van der Waals surface area contributed by atoms with Crippen molar-refractivity contribution in [2.24, 2.45) is 0 Å². The minimum Gasteiger partial charge on any atom is -0.332 e. The van der Waals surface area contributed by atoms with E-state index in [1.165, 1.54) is 0 Å². The minimum absolute atomic E-state index is 0.231. The molecule has 0 unspecified atom stereocenters. The normalized spacial score (nSPS) is 10.3. The van der Waals surface area contributed by atoms with Crippen molar-refractivity contribution in [1.29, 1.82) is 0 Å². The summed E-state index contributed by atoms with van der Waals surface area (Å²) in [4.78, 5) is 12.3. The summed E-state index contributed by atoms with van der Waals surface area (Å²) in [6.07, 6.45) is 0. The Morgan fingerprint density at radius 2 is 1.61 bits per heavy atom. The first-order chi connectivity index (χ1) is 11.1. The highest BCUT2D eigenvalue weighted by molar-refractivity contribution is 9.10. The molecular weight excluding hydrogens is 372 g/mol. The van der Waals surface area contributed by atoms with Crippen molar-refractivity contribution < 1.29 is 4.79 Å². The zero-order valence-corrected chi connectivity index (χ0v) is 14.4. The number of benzene rings is 3. The molecule has 0 fully saturated rings. The second-order valence-electron chi connectivity index (χ2n) is 4.98. The lowest BCUT2D eigenvalue weighted by atomic mass is 10.1. The van der Waals surface area contributed by atoms with Gasteiger partial charge in [0.1, 0.15) is 0 Å². The number of hydrogen-bond donors (Lipinski definition) is 2. The Morgan fingerprint density at radius 3 is 2.35 bits per heavy atom. The molecule has 5 heteroatoms. The topological polar surface area (TPSA) is 41.1 Å². The van der Waals surface area contributed by atoms with Crippen LogP contribution in [0.25, 0.3) is 10.8 Å². The third-order valence-electron chi connectivity index (χ3n) is 3.34. The Kier molecular flexibility index (Phi) is 4.69. The first-order valence-electron chi connectivity index (χ1n) is 6.98. The monoisotopic (exact) mass is 384 g/mol. The van der Waals surface area contributed by atoms with Crippen LogP contribution in [0.2, 0.25) is 0 Å². The van der Waals surface area contributed by atoms with Gasteiger partial charge in [-0.1, -0.05) is 46.3 Å². The summed E-state index contributed by atoms with van der Waals surface area (Å²) in [5.41, 5.74) is 1.39. The number of hydrogen-bond acceptors (Lipinski definition) is 2. The molecule has 0 heterocycles. The van der Waals surface area contributed by atoms with E-state index in [1.807, 2.05) is 60.7 Å². The van der Waals surface area contributed by atoms with Gasteiger partial charge in [-0.15, -0.1) is 0 Å². The van der Waals surface area contributed by atoms with Gasteiger partial charge in [0.05, 0.1) is 0 Å². The van der Waals surface area contributed by atoms with Gasteiger partial charge >= 0.3 is 0 Å². The molecule has 3 aromatic rings. The van der Waals surface area contributed by atoms with Crippen LogP contribution in [-0.4, -0.2) is 11.0 Å². The molecule has 0 radical (unpaired) electrons. The summed E-state index contributed by atoms with van der Waals surface area (Å²) in [5, 5.41) is 8.07. The lowest BCUT2D eigenvalue weighted by molar-refractivity contribution is 0.0978. The van der Waals surface area contributed by atoms with Crippen molar-refractivity contribution in [1.82, 2.24) is 5.32 Å². The molecule has 0 aliphatic carbocycles. The van der Waals surface area contributed by atoms with Crippen LogP contribution in [0.4, 0.5) is 5.69 Å². The van der Waals surface area contributed by atoms with Crippen molar-refractivity contribution >= 4 is 55.6 Å². The third-order valence-corrected chi connectivity index (χ3v) is 4.07. The molecule has 0 aliphatic heterocycles. The average molecular weight is 385 g/mol. The van der Waals surface area contributed by atoms with E-state index in [-0.39, 0.29) is 11.0 Å². The molecule has 23 heavy (non-hydrogen) atoms. The number of anilines is 1. The van der Waals surface area contributed by atoms with Gasteiger partial charge in [-0.2, -0.15) is 0 Å². The molecule has 0 aliphatic rings. The molecular formula is C18H13BrN2OS. The van der Waals surface area contributed by atoms with Crippen LogP contribution in [-0.2, 0) is 0 Å². The van der Waals surface area contributed by atoms with E-state index in [0.717, 1.165) is 20.9 Å². The fourth-order valence-electron chi connectivity index (χ4n) is 2.20. The standard InChI is InChI=1S/C18H13BrN2OS/c19-15-7-9-16(10-8-15)20-18(23)21-17(22)14-6-5-12-3-1-2-4-13(12)11-14/h1-11H,(H2,20,21,22,23). The van der Waals surface area contributed by atoms with Gasteiger partial charge in [-0.3, -0.25) is 10.1 Å². The van der Waals surface area contributed by atoms with Crippen LogP contribution >= 0.6 is 28.1 Å². The first-order valence-corrected chi connectivity index (χ1v) is 8.19. The number of nitrogens with one attached hydrogen (secondary N) is 2. The van der Waals surface area contributed by atoms with Crippen molar-refractivity contribution in [2.75, 3.05) is 5.32 Å². The van der Waals surface area contributed by atoms with Crippen LogP contribution < -0.4 is 10.6 Å². The van der Waals surface area contributed by atoms with Crippen LogP contribution in [0.15, 0.2) is 71.2 Å². The van der Waals surface area contributed by atoms with Crippen molar-refractivity contribution in [3.05, 3.63) is 76.8 Å². The number of amides is 1. The summed E-state index contributed by atoms with van der Waals surface area (Å²) < 4.78 is 0.981. The molecule has 2 N–H and O–H groups in total. The number of carbonyl (C=O) groups is 1. The summed E-state index contributed by atoms with van der Waals surface area (Å²) >= 11 is 8.56. The van der Waals surface area contributed by atoms with E-state index >= 15 is 0 Å². The SMILES string of the molecule is O=C(NC(=S)Nc1ccc(Br)cc1)c1ccc2ccccc2c1. The lowest BCUT2D eigenvalue weighted by Crippen LogP contribution is -2.34. The lowest BCUT2D eigenvalue weighted by Gasteiger charge is -2.10. The van der Waals surface area contributed by atoms with Gasteiger partial charge in [0.25, 0.3) is 5.91 Å². The minimum atomic E-state index is -0.231. The Hall–Kier alpha value is -2.24. The van der Waals surface area contributed by atoms with Gasteiger partial charge in [0.15, 0.2) is 5.11 Å². The second-order valence-corrected chi connectivity index (χ2v) is 6.30. The third kappa shape index (κ3) is 3.94. The van der Waals surface area contributed by atoms with Crippen molar-refractivity contribution in [2.45, 2.75) is 0 Å². The van der Waals surface area contributed by atoms with E-state index in [0.29, 0.717) is 5.56 Å². The highest BCUT2D eigenvalue weighted by Gasteiger charge is 2.08. The van der Waals surface area contributed by atoms with Gasteiger partial charge in [-0.05, 0) is 59.4 Å². The van der Waals surface area contributed by atoms with Gasteiger partial charge in [-0.25, -0.2) is 0 Å². The number of carbonyl (C=O) groups excluding carboxylic acids is 1. The maximum atomic E-state index is 12.3. The number of fused-ring (bicyclic) bond motifs is 1. The molecule has 0 spiro atoms. The number of halogens is 1. The Labute approximate surface area is 147 Å². The Morgan fingerprint density at radius 1 is 0.913 bits per heavy atom. The van der Waals surface area contributed by atoms with Crippen LogP contribution in [0.5, 0.6) is 0 Å². The molecule has 0 bridgehead atoms. The van der Waals surface area contributed by atoms with Gasteiger partial charge in [0.2, 0.25) is 0 Å². The predicted octanol–water partition coefficient (Wildman–Crippen LogP) is 4.73. The Bertz CT molecular complexity index is 878. The maximum Gasteiger partial charge on any atom is 0.257 e. The van der Waals surface area contributed by atoms with E-state index in [9.17, 15) is 4.79 Å². The van der Waals surface area contributed by atoms with Crippen molar-refractivity contribution in [3.63, 3.8) is 0 Å². The fourth-order valence-corrected chi connectivity index (χ4v) is 2.68. The maximum absolute atomic E-state index is 12.3. The quantitative estimate of drug-likeness (QED) is 0.627. The molecule has 3 aromatic carbocycles. The van der Waals surface area contributed by atoms with Crippen LogP contribution in [0.3, 0.4) is 0 Å². The second kappa shape index (κ2) is 6.89. The summed E-state index contributed by atoms with van der Waals surface area (Å²) in [5.74, 6) is -0.231. The first kappa shape index (κ1) is 15.6. The van der Waals surface area contributed by atoms with Crippen LogP contribution in [0, 0.1) is 0 Å². The molecule has 3 rings (SSSR count). The zero-order chi connectivity index (χ0) is 16.2. The molecule has 0 atom stereocenters. The average Bonchev–Trinajstić information content (AvgIpc) is 2.56. The number of thiocarbonyl (C=S) groups is 1. The van der Waals surface area contributed by atoms with E-state index in [2.05, 4.69) is 26.6 Å². The molecule has 0 aromatic heterocycles. The smallest absolute Gasteiger partial charge is 0.257 e. The largest absolute Gasteiger partial charge is 0.332 e. The summed E-state index contributed by atoms with van der Waals surface area (Å²) in [6.45, 7) is 0. The molecule has 0 saturated heterocycles. The highest BCUT2D eigenvalue weighted by atomic mass is 79.9. The zero-order valence-electron chi connectivity index (χ0n) is 12.0.